The largest absolute Gasteiger partial charge is 0.371 e. The van der Waals surface area contributed by atoms with Crippen molar-refractivity contribution in [3.63, 3.8) is 0 Å². The monoisotopic (exact) mass is 213 g/mol. The summed E-state index contributed by atoms with van der Waals surface area (Å²) in [5.74, 6) is 2.80. The molecule has 0 spiro atoms. The highest BCUT2D eigenvalue weighted by Crippen LogP contribution is 2.28. The van der Waals surface area contributed by atoms with Gasteiger partial charge in [-0.3, -0.25) is 0 Å². The lowest BCUT2D eigenvalue weighted by Gasteiger charge is -2.22. The van der Waals surface area contributed by atoms with Gasteiger partial charge in [0, 0.05) is 5.69 Å². The number of benzene rings is 1. The molecule has 16 heavy (non-hydrogen) atoms. The number of fused-ring (bicyclic) bond motifs is 1. The lowest BCUT2D eigenvalue weighted by Crippen LogP contribution is -2.18. The molecule has 0 saturated heterocycles. The van der Waals surface area contributed by atoms with E-state index in [1.54, 1.807) is 0 Å². The fourth-order valence-electron chi connectivity index (χ4n) is 2.37. The Morgan fingerprint density at radius 3 is 2.94 bits per heavy atom. The van der Waals surface area contributed by atoms with Crippen molar-refractivity contribution in [1.29, 1.82) is 0 Å². The Hall–Kier alpha value is -1.42. The minimum atomic E-state index is 0.161. The summed E-state index contributed by atoms with van der Waals surface area (Å²) < 4.78 is 0. The summed E-state index contributed by atoms with van der Waals surface area (Å²) in [5.41, 5.74) is 4.24. The van der Waals surface area contributed by atoms with E-state index in [0.29, 0.717) is 0 Å². The van der Waals surface area contributed by atoms with Gasteiger partial charge >= 0.3 is 0 Å². The zero-order valence-electron chi connectivity index (χ0n) is 9.92. The van der Waals surface area contributed by atoms with Crippen LogP contribution in [0.1, 0.15) is 37.3 Å². The van der Waals surface area contributed by atoms with E-state index in [0.717, 1.165) is 6.42 Å². The summed E-state index contributed by atoms with van der Waals surface area (Å²) in [6.45, 7) is 2.12. The molecule has 0 amide bonds. The highest BCUT2D eigenvalue weighted by atomic mass is 14.9. The first kappa shape index (κ1) is 11.1. The van der Waals surface area contributed by atoms with Crippen LogP contribution in [-0.2, 0) is 12.8 Å². The van der Waals surface area contributed by atoms with Gasteiger partial charge in [0.2, 0.25) is 0 Å². The first-order chi connectivity index (χ1) is 7.85. The van der Waals surface area contributed by atoms with Crippen molar-refractivity contribution in [2.45, 2.75) is 45.1 Å². The summed E-state index contributed by atoms with van der Waals surface area (Å²) in [6, 6.07) is 6.70. The Morgan fingerprint density at radius 2 is 2.19 bits per heavy atom. The molecule has 0 aromatic heterocycles. The normalized spacial score (nSPS) is 16.0. The molecular weight excluding hydrogens is 194 g/mol. The van der Waals surface area contributed by atoms with E-state index >= 15 is 0 Å². The van der Waals surface area contributed by atoms with Crippen LogP contribution in [-0.4, -0.2) is 6.04 Å². The fourth-order valence-corrected chi connectivity index (χ4v) is 2.37. The molecule has 84 valence electrons. The zero-order valence-corrected chi connectivity index (χ0v) is 9.92. The molecule has 1 aliphatic rings. The Morgan fingerprint density at radius 1 is 1.38 bits per heavy atom. The predicted octanol–water partition coefficient (Wildman–Crippen LogP) is 3.39. The van der Waals surface area contributed by atoms with Gasteiger partial charge in [0.25, 0.3) is 0 Å². The van der Waals surface area contributed by atoms with Gasteiger partial charge in [0.05, 0.1) is 6.04 Å². The van der Waals surface area contributed by atoms with Gasteiger partial charge in [0.15, 0.2) is 0 Å². The van der Waals surface area contributed by atoms with Crippen LogP contribution in [0.25, 0.3) is 0 Å². The minimum Gasteiger partial charge on any atom is -0.371 e. The first-order valence-electron chi connectivity index (χ1n) is 6.18. The third-order valence-electron chi connectivity index (χ3n) is 3.34. The van der Waals surface area contributed by atoms with Crippen LogP contribution >= 0.6 is 0 Å². The second-order valence-corrected chi connectivity index (χ2v) is 4.42. The van der Waals surface area contributed by atoms with Crippen LogP contribution in [0.15, 0.2) is 18.2 Å². The van der Waals surface area contributed by atoms with E-state index < -0.39 is 0 Å². The molecule has 0 bridgehead atoms. The van der Waals surface area contributed by atoms with Crippen molar-refractivity contribution in [3.05, 3.63) is 29.3 Å². The molecular formula is C15H19N. The molecule has 1 aromatic rings. The van der Waals surface area contributed by atoms with E-state index in [1.165, 1.54) is 42.5 Å². The van der Waals surface area contributed by atoms with Crippen LogP contribution < -0.4 is 5.32 Å². The Kier molecular flexibility index (Phi) is 3.51. The summed E-state index contributed by atoms with van der Waals surface area (Å²) in [4.78, 5) is 0. The van der Waals surface area contributed by atoms with Gasteiger partial charge in [-0.15, -0.1) is 6.42 Å². The number of aryl methyl sites for hydroxylation is 1. The molecule has 1 N–H and O–H groups in total. The molecule has 0 fully saturated rings. The van der Waals surface area contributed by atoms with Crippen molar-refractivity contribution in [2.75, 3.05) is 5.32 Å². The molecule has 1 nitrogen and oxygen atoms in total. The van der Waals surface area contributed by atoms with Crippen molar-refractivity contribution in [1.82, 2.24) is 0 Å². The standard InChI is InChI=1S/C15H19N/c1-3-13(4-2)16-15-11-7-9-12-8-5-6-10-14(12)15/h1,7,9,11,13,16H,4-6,8,10H2,2H3. The van der Waals surface area contributed by atoms with Gasteiger partial charge in [-0.2, -0.15) is 0 Å². The third-order valence-corrected chi connectivity index (χ3v) is 3.34. The molecule has 1 aromatic carbocycles. The average Bonchev–Trinajstić information content (AvgIpc) is 2.36. The van der Waals surface area contributed by atoms with E-state index in [9.17, 15) is 0 Å². The molecule has 0 radical (unpaired) electrons. The maximum atomic E-state index is 5.49. The number of hydrogen-bond donors (Lipinski definition) is 1. The summed E-state index contributed by atoms with van der Waals surface area (Å²) in [6.07, 6.45) is 11.5. The topological polar surface area (TPSA) is 12.0 Å². The van der Waals surface area contributed by atoms with E-state index in [4.69, 9.17) is 6.42 Å². The van der Waals surface area contributed by atoms with Crippen molar-refractivity contribution in [2.24, 2.45) is 0 Å². The summed E-state index contributed by atoms with van der Waals surface area (Å²) in [5, 5.41) is 3.47. The lowest BCUT2D eigenvalue weighted by molar-refractivity contribution is 0.685. The number of hydrogen-bond acceptors (Lipinski definition) is 1. The third kappa shape index (κ3) is 2.22. The highest BCUT2D eigenvalue weighted by molar-refractivity contribution is 5.57. The van der Waals surface area contributed by atoms with Crippen LogP contribution in [0.3, 0.4) is 0 Å². The van der Waals surface area contributed by atoms with Gasteiger partial charge < -0.3 is 5.32 Å². The highest BCUT2D eigenvalue weighted by Gasteiger charge is 2.13. The van der Waals surface area contributed by atoms with E-state index in [1.807, 2.05) is 0 Å². The van der Waals surface area contributed by atoms with Crippen molar-refractivity contribution < 1.29 is 0 Å². The molecule has 0 heterocycles. The van der Waals surface area contributed by atoms with Gasteiger partial charge in [-0.25, -0.2) is 0 Å². The SMILES string of the molecule is C#CC(CC)Nc1cccc2c1CCCC2. The van der Waals surface area contributed by atoms with Crippen molar-refractivity contribution in [3.8, 4) is 12.3 Å². The predicted molar refractivity (Wildman–Crippen MR) is 69.6 cm³/mol. The second kappa shape index (κ2) is 5.07. The fraction of sp³-hybridized carbons (Fsp3) is 0.467. The average molecular weight is 213 g/mol. The number of rotatable bonds is 3. The lowest BCUT2D eigenvalue weighted by atomic mass is 9.90. The number of nitrogens with one attached hydrogen (secondary N) is 1. The molecule has 2 rings (SSSR count). The van der Waals surface area contributed by atoms with Crippen LogP contribution in [0.5, 0.6) is 0 Å². The van der Waals surface area contributed by atoms with Gasteiger partial charge in [-0.1, -0.05) is 25.0 Å². The second-order valence-electron chi connectivity index (χ2n) is 4.42. The van der Waals surface area contributed by atoms with Crippen LogP contribution in [0.2, 0.25) is 0 Å². The smallest absolute Gasteiger partial charge is 0.0871 e. The van der Waals surface area contributed by atoms with Crippen LogP contribution in [0.4, 0.5) is 5.69 Å². The molecule has 0 saturated carbocycles. The maximum absolute atomic E-state index is 5.49. The quantitative estimate of drug-likeness (QED) is 0.759. The van der Waals surface area contributed by atoms with Crippen LogP contribution in [0, 0.1) is 12.3 Å². The first-order valence-corrected chi connectivity index (χ1v) is 6.18. The Labute approximate surface area is 98.3 Å². The van der Waals surface area contributed by atoms with Gasteiger partial charge in [-0.05, 0) is 49.3 Å². The Balaban J connectivity index is 2.24. The number of terminal acetylenes is 1. The summed E-state index contributed by atoms with van der Waals surface area (Å²) >= 11 is 0. The molecule has 1 unspecified atom stereocenters. The molecule has 1 atom stereocenters. The van der Waals surface area contributed by atoms with Gasteiger partial charge in [0.1, 0.15) is 0 Å². The number of anilines is 1. The molecule has 1 aliphatic carbocycles. The molecule has 1 heteroatoms. The maximum Gasteiger partial charge on any atom is 0.0871 e. The molecule has 0 aliphatic heterocycles. The minimum absolute atomic E-state index is 0.161. The zero-order chi connectivity index (χ0) is 11.4. The summed E-state index contributed by atoms with van der Waals surface area (Å²) in [7, 11) is 0. The van der Waals surface area contributed by atoms with E-state index in [-0.39, 0.29) is 6.04 Å². The van der Waals surface area contributed by atoms with E-state index in [2.05, 4.69) is 36.4 Å². The Bertz CT molecular complexity index is 400. The van der Waals surface area contributed by atoms with Crippen molar-refractivity contribution >= 4 is 5.69 Å².